The van der Waals surface area contributed by atoms with Gasteiger partial charge in [0.15, 0.2) is 5.82 Å². The average molecular weight is 463 g/mol. The second-order valence-electron chi connectivity index (χ2n) is 8.87. The molecular formula is C21H27F2N7O3. The Bertz CT molecular complexity index is 1140. The smallest absolute Gasteiger partial charge is 0.348 e. The first-order chi connectivity index (χ1) is 15.8. The summed E-state index contributed by atoms with van der Waals surface area (Å²) in [5.74, 6) is -3.04. The van der Waals surface area contributed by atoms with Gasteiger partial charge in [-0.05, 0) is 25.5 Å². The third-order valence-corrected chi connectivity index (χ3v) is 6.87. The molecular weight excluding hydrogens is 436 g/mol. The van der Waals surface area contributed by atoms with Gasteiger partial charge in [0, 0.05) is 52.3 Å². The Morgan fingerprint density at radius 1 is 1.09 bits per heavy atom. The minimum absolute atomic E-state index is 0.204. The first-order valence-corrected chi connectivity index (χ1v) is 11.3. The standard InChI is InChI=1S/C21H27F2N7O3/c1-26-18-14(29(20(26)33)30-16(31)3-2-4-17(30)32)5-8-25-19(18)28-11-9-27(10-12-28)15-6-7-24-13-21(15,22)23/h5,8,15,24H,2-4,6-7,9-13H2,1H3/t15-/m0/s1. The number of piperidine rings is 2. The molecule has 2 aromatic heterocycles. The third-order valence-electron chi connectivity index (χ3n) is 6.87. The minimum Gasteiger partial charge on any atom is -0.352 e. The molecule has 178 valence electrons. The number of hydrogen-bond acceptors (Lipinski definition) is 7. The first kappa shape index (κ1) is 22.0. The van der Waals surface area contributed by atoms with E-state index < -0.39 is 29.5 Å². The Morgan fingerprint density at radius 2 is 1.79 bits per heavy atom. The fraction of sp³-hybridized carbons (Fsp3) is 0.619. The van der Waals surface area contributed by atoms with Gasteiger partial charge in [-0.1, -0.05) is 0 Å². The number of aromatic nitrogens is 3. The number of aryl methyl sites for hydroxylation is 1. The summed E-state index contributed by atoms with van der Waals surface area (Å²) in [5, 5.41) is 3.70. The monoisotopic (exact) mass is 463 g/mol. The number of halogens is 2. The fourth-order valence-electron chi connectivity index (χ4n) is 5.17. The number of alkyl halides is 2. The molecule has 3 saturated heterocycles. The van der Waals surface area contributed by atoms with Crippen molar-refractivity contribution >= 4 is 28.7 Å². The van der Waals surface area contributed by atoms with Crippen LogP contribution < -0.4 is 20.9 Å². The zero-order valence-corrected chi connectivity index (χ0v) is 18.5. The van der Waals surface area contributed by atoms with Crippen molar-refractivity contribution in [3.05, 3.63) is 22.7 Å². The topological polar surface area (TPSA) is 95.7 Å². The van der Waals surface area contributed by atoms with Crippen molar-refractivity contribution in [3.63, 3.8) is 0 Å². The maximum Gasteiger partial charge on any atom is 0.348 e. The lowest BCUT2D eigenvalue weighted by atomic mass is 9.99. The van der Waals surface area contributed by atoms with Gasteiger partial charge in [-0.15, -0.1) is 0 Å². The van der Waals surface area contributed by atoms with Crippen LogP contribution in [0.5, 0.6) is 0 Å². The molecule has 5 rings (SSSR count). The minimum atomic E-state index is -2.77. The molecule has 0 unspecified atom stereocenters. The summed E-state index contributed by atoms with van der Waals surface area (Å²) in [6, 6.07) is 0.826. The van der Waals surface area contributed by atoms with Gasteiger partial charge in [-0.3, -0.25) is 19.1 Å². The number of fused-ring (bicyclic) bond motifs is 1. The van der Waals surface area contributed by atoms with E-state index in [1.54, 1.807) is 19.3 Å². The summed E-state index contributed by atoms with van der Waals surface area (Å²) < 4.78 is 31.3. The summed E-state index contributed by atoms with van der Waals surface area (Å²) in [5.41, 5.74) is 0.425. The average Bonchev–Trinajstić information content (AvgIpc) is 3.04. The maximum atomic E-state index is 14.4. The number of imide groups is 1. The van der Waals surface area contributed by atoms with Crippen molar-refractivity contribution in [1.29, 1.82) is 0 Å². The van der Waals surface area contributed by atoms with Crippen LogP contribution in [0.15, 0.2) is 17.1 Å². The third kappa shape index (κ3) is 3.61. The zero-order chi connectivity index (χ0) is 23.3. The highest BCUT2D eigenvalue weighted by Gasteiger charge is 2.45. The van der Waals surface area contributed by atoms with Gasteiger partial charge >= 0.3 is 5.69 Å². The molecule has 3 aliphatic heterocycles. The lowest BCUT2D eigenvalue weighted by molar-refractivity contribution is -0.131. The first-order valence-electron chi connectivity index (χ1n) is 11.3. The van der Waals surface area contributed by atoms with Gasteiger partial charge in [-0.25, -0.2) is 18.6 Å². The largest absolute Gasteiger partial charge is 0.352 e. The molecule has 1 atom stereocenters. The van der Waals surface area contributed by atoms with Crippen molar-refractivity contribution in [3.8, 4) is 0 Å². The highest BCUT2D eigenvalue weighted by molar-refractivity contribution is 6.11. The van der Waals surface area contributed by atoms with Crippen LogP contribution >= 0.6 is 0 Å². The van der Waals surface area contributed by atoms with E-state index in [1.807, 2.05) is 9.80 Å². The number of pyridine rings is 1. The van der Waals surface area contributed by atoms with Crippen LogP contribution in [0.4, 0.5) is 14.6 Å². The Balaban J connectivity index is 1.45. The van der Waals surface area contributed by atoms with Gasteiger partial charge < -0.3 is 10.2 Å². The number of nitrogens with zero attached hydrogens (tertiary/aromatic N) is 6. The molecule has 33 heavy (non-hydrogen) atoms. The molecule has 0 aromatic carbocycles. The van der Waals surface area contributed by atoms with Crippen molar-refractivity contribution in [2.45, 2.75) is 37.6 Å². The number of hydrogen-bond donors (Lipinski definition) is 1. The number of nitrogens with one attached hydrogen (secondary N) is 1. The fourth-order valence-corrected chi connectivity index (χ4v) is 5.17. The summed E-state index contributed by atoms with van der Waals surface area (Å²) in [7, 11) is 1.58. The Labute approximate surface area is 188 Å². The van der Waals surface area contributed by atoms with E-state index in [1.165, 1.54) is 4.57 Å². The van der Waals surface area contributed by atoms with Crippen molar-refractivity contribution in [2.24, 2.45) is 7.05 Å². The van der Waals surface area contributed by atoms with Crippen LogP contribution in [-0.2, 0) is 16.6 Å². The van der Waals surface area contributed by atoms with E-state index >= 15 is 0 Å². The molecule has 0 saturated carbocycles. The van der Waals surface area contributed by atoms with E-state index in [9.17, 15) is 23.2 Å². The summed E-state index contributed by atoms with van der Waals surface area (Å²) >= 11 is 0. The quantitative estimate of drug-likeness (QED) is 0.642. The summed E-state index contributed by atoms with van der Waals surface area (Å²) in [4.78, 5) is 46.3. The molecule has 5 heterocycles. The van der Waals surface area contributed by atoms with Crippen LogP contribution in [0.2, 0.25) is 0 Å². The molecule has 2 aromatic rings. The van der Waals surface area contributed by atoms with E-state index in [4.69, 9.17) is 0 Å². The van der Waals surface area contributed by atoms with Gasteiger partial charge in [0.25, 0.3) is 5.92 Å². The molecule has 10 nitrogen and oxygen atoms in total. The molecule has 0 radical (unpaired) electrons. The number of imidazole rings is 1. The molecule has 0 spiro atoms. The molecule has 0 bridgehead atoms. The summed E-state index contributed by atoms with van der Waals surface area (Å²) in [6.45, 7) is 2.14. The normalized spacial score (nSPS) is 24.6. The lowest BCUT2D eigenvalue weighted by Crippen LogP contribution is -2.61. The van der Waals surface area contributed by atoms with E-state index in [0.29, 0.717) is 62.4 Å². The second-order valence-corrected chi connectivity index (χ2v) is 8.87. The van der Waals surface area contributed by atoms with Crippen molar-refractivity contribution in [1.82, 2.24) is 24.4 Å². The molecule has 0 aliphatic carbocycles. The maximum absolute atomic E-state index is 14.4. The molecule has 12 heteroatoms. The summed E-state index contributed by atoms with van der Waals surface area (Å²) in [6.07, 6.45) is 2.82. The predicted octanol–water partition coefficient (Wildman–Crippen LogP) is 0.0293. The Hall–Kier alpha value is -2.86. The number of anilines is 1. The van der Waals surface area contributed by atoms with Crippen LogP contribution in [0, 0.1) is 0 Å². The van der Waals surface area contributed by atoms with E-state index in [2.05, 4.69) is 10.3 Å². The molecule has 2 amide bonds. The molecule has 3 fully saturated rings. The highest BCUT2D eigenvalue weighted by atomic mass is 19.3. The number of piperazine rings is 1. The zero-order valence-electron chi connectivity index (χ0n) is 18.5. The van der Waals surface area contributed by atoms with Gasteiger partial charge in [0.05, 0.1) is 18.1 Å². The van der Waals surface area contributed by atoms with Gasteiger partial charge in [0.1, 0.15) is 5.52 Å². The number of rotatable bonds is 3. The van der Waals surface area contributed by atoms with Crippen molar-refractivity contribution in [2.75, 3.05) is 49.2 Å². The lowest BCUT2D eigenvalue weighted by Gasteiger charge is -2.44. The highest BCUT2D eigenvalue weighted by Crippen LogP contribution is 2.30. The van der Waals surface area contributed by atoms with Crippen LogP contribution in [0.25, 0.3) is 11.0 Å². The second kappa shape index (κ2) is 8.17. The number of amides is 2. The number of carbonyl (C=O) groups excluding carboxylic acids is 2. The number of carbonyl (C=O) groups is 2. The van der Waals surface area contributed by atoms with Crippen molar-refractivity contribution < 1.29 is 18.4 Å². The van der Waals surface area contributed by atoms with Crippen LogP contribution in [0.1, 0.15) is 25.7 Å². The van der Waals surface area contributed by atoms with E-state index in [-0.39, 0.29) is 19.4 Å². The van der Waals surface area contributed by atoms with Gasteiger partial charge in [-0.2, -0.15) is 9.69 Å². The SMILES string of the molecule is Cn1c(=O)n(N2C(=O)CCCC2=O)c2ccnc(N3CCN([C@H]4CCNCC4(F)F)CC3)c21. The van der Waals surface area contributed by atoms with E-state index in [0.717, 1.165) is 9.69 Å². The van der Waals surface area contributed by atoms with Crippen LogP contribution in [0.3, 0.4) is 0 Å². The molecule has 1 N–H and O–H groups in total. The predicted molar refractivity (Wildman–Crippen MR) is 117 cm³/mol. The molecule has 3 aliphatic rings. The van der Waals surface area contributed by atoms with Gasteiger partial charge in [0.2, 0.25) is 11.8 Å². The Morgan fingerprint density at radius 3 is 2.45 bits per heavy atom. The van der Waals surface area contributed by atoms with Crippen LogP contribution in [-0.4, -0.2) is 82.2 Å². The Kier molecular flexibility index (Phi) is 5.44.